The molecule has 0 saturated carbocycles. The largest absolute Gasteiger partial charge is 0.417 e. The summed E-state index contributed by atoms with van der Waals surface area (Å²) in [5.74, 6) is 0. The minimum atomic E-state index is -4.42. The number of benzene rings is 1. The van der Waals surface area contributed by atoms with E-state index in [1.165, 1.54) is 12.3 Å². The van der Waals surface area contributed by atoms with Crippen LogP contribution in [0.3, 0.4) is 0 Å². The third-order valence-electron chi connectivity index (χ3n) is 8.20. The summed E-state index contributed by atoms with van der Waals surface area (Å²) < 4.78 is 47.2. The molecule has 7 nitrogen and oxygen atoms in total. The average molecular weight is 528 g/mol. The van der Waals surface area contributed by atoms with Crippen LogP contribution in [0.25, 0.3) is 11.0 Å². The smallest absolute Gasteiger partial charge is 0.384 e. The van der Waals surface area contributed by atoms with Gasteiger partial charge in [-0.05, 0) is 49.2 Å². The van der Waals surface area contributed by atoms with Crippen LogP contribution in [0.15, 0.2) is 53.7 Å². The van der Waals surface area contributed by atoms with E-state index in [9.17, 15) is 18.0 Å². The number of halogens is 3. The van der Waals surface area contributed by atoms with Crippen molar-refractivity contribution in [2.75, 3.05) is 33.4 Å². The monoisotopic (exact) mass is 527 g/mol. The Kier molecular flexibility index (Phi) is 6.81. The van der Waals surface area contributed by atoms with Crippen LogP contribution in [-0.4, -0.2) is 57.7 Å². The Morgan fingerprint density at radius 2 is 2.00 bits per heavy atom. The van der Waals surface area contributed by atoms with E-state index in [0.29, 0.717) is 43.9 Å². The van der Waals surface area contributed by atoms with Gasteiger partial charge in [0, 0.05) is 69.3 Å². The summed E-state index contributed by atoms with van der Waals surface area (Å²) in [6.07, 6.45) is -0.782. The van der Waals surface area contributed by atoms with E-state index >= 15 is 0 Å². The maximum absolute atomic E-state index is 13.3. The standard InChI is InChI=1S/C28H32F3N5O2/c1-18(20-5-6-24-25(12-20)34(3)26(37)14-33-24)36-10-8-27(16-36,17-38-4)19(2)35-9-7-23-21(15-35)11-22(13-32-23)28(29,30)31/h5-6,11-14,18H,2,7-10,15-17H2,1,3-4H3. The molecule has 0 radical (unpaired) electrons. The van der Waals surface area contributed by atoms with Crippen molar-refractivity contribution in [1.82, 2.24) is 24.3 Å². The van der Waals surface area contributed by atoms with Crippen molar-refractivity contribution in [2.45, 2.75) is 38.5 Å². The fourth-order valence-corrected chi connectivity index (χ4v) is 5.81. The van der Waals surface area contributed by atoms with Crippen LogP contribution >= 0.6 is 0 Å². The van der Waals surface area contributed by atoms with Crippen molar-refractivity contribution in [3.05, 3.63) is 81.7 Å². The lowest BCUT2D eigenvalue weighted by Gasteiger charge is -2.41. The number of fused-ring (bicyclic) bond motifs is 2. The molecule has 38 heavy (non-hydrogen) atoms. The molecule has 1 saturated heterocycles. The lowest BCUT2D eigenvalue weighted by molar-refractivity contribution is -0.137. The van der Waals surface area contributed by atoms with Crippen LogP contribution in [0, 0.1) is 5.41 Å². The lowest BCUT2D eigenvalue weighted by atomic mass is 9.83. The summed E-state index contributed by atoms with van der Waals surface area (Å²) in [6.45, 7) is 9.58. The number of hydrogen-bond donors (Lipinski definition) is 0. The first kappa shape index (κ1) is 26.4. The molecule has 2 aromatic heterocycles. The number of methoxy groups -OCH3 is 1. The van der Waals surface area contributed by atoms with Crippen molar-refractivity contribution in [3.63, 3.8) is 0 Å². The number of ether oxygens (including phenoxy) is 1. The zero-order valence-corrected chi connectivity index (χ0v) is 21.9. The number of pyridine rings is 1. The number of rotatable bonds is 6. The van der Waals surface area contributed by atoms with Crippen molar-refractivity contribution < 1.29 is 17.9 Å². The molecule has 2 atom stereocenters. The van der Waals surface area contributed by atoms with E-state index in [-0.39, 0.29) is 17.0 Å². The van der Waals surface area contributed by atoms with Crippen molar-refractivity contribution in [1.29, 1.82) is 0 Å². The Labute approximate surface area is 219 Å². The zero-order valence-electron chi connectivity index (χ0n) is 21.9. The summed E-state index contributed by atoms with van der Waals surface area (Å²) in [4.78, 5) is 24.9. The van der Waals surface area contributed by atoms with Crippen molar-refractivity contribution in [2.24, 2.45) is 12.5 Å². The molecule has 0 spiro atoms. The van der Waals surface area contributed by atoms with Gasteiger partial charge in [0.2, 0.25) is 0 Å². The van der Waals surface area contributed by atoms with Crippen LogP contribution in [0.1, 0.15) is 41.8 Å². The van der Waals surface area contributed by atoms with Gasteiger partial charge in [0.05, 0.1) is 29.4 Å². The zero-order chi connectivity index (χ0) is 27.2. The van der Waals surface area contributed by atoms with E-state index in [1.807, 2.05) is 18.2 Å². The number of aryl methyl sites for hydroxylation is 1. The van der Waals surface area contributed by atoms with Gasteiger partial charge in [0.25, 0.3) is 5.56 Å². The Morgan fingerprint density at radius 1 is 1.21 bits per heavy atom. The number of hydrogen-bond acceptors (Lipinski definition) is 6. The van der Waals surface area contributed by atoms with E-state index in [0.717, 1.165) is 41.5 Å². The van der Waals surface area contributed by atoms with Gasteiger partial charge in [0.15, 0.2) is 0 Å². The van der Waals surface area contributed by atoms with E-state index in [1.54, 1.807) is 18.7 Å². The molecule has 2 aliphatic rings. The molecule has 4 heterocycles. The van der Waals surface area contributed by atoms with Gasteiger partial charge in [-0.2, -0.15) is 13.2 Å². The van der Waals surface area contributed by atoms with Crippen LogP contribution in [0.4, 0.5) is 13.2 Å². The fraction of sp³-hybridized carbons (Fsp3) is 0.464. The highest BCUT2D eigenvalue weighted by Gasteiger charge is 2.44. The van der Waals surface area contributed by atoms with Gasteiger partial charge in [-0.1, -0.05) is 12.6 Å². The minimum absolute atomic E-state index is 0.0712. The molecule has 202 valence electrons. The average Bonchev–Trinajstić information content (AvgIpc) is 3.34. The fourth-order valence-electron chi connectivity index (χ4n) is 5.81. The molecule has 1 fully saturated rings. The first-order chi connectivity index (χ1) is 18.0. The molecule has 2 aliphatic heterocycles. The van der Waals surface area contributed by atoms with Crippen LogP contribution in [0.5, 0.6) is 0 Å². The highest BCUT2D eigenvalue weighted by atomic mass is 19.4. The minimum Gasteiger partial charge on any atom is -0.384 e. The van der Waals surface area contributed by atoms with Gasteiger partial charge < -0.3 is 14.2 Å². The lowest BCUT2D eigenvalue weighted by Crippen LogP contribution is -2.42. The molecule has 10 heteroatoms. The van der Waals surface area contributed by atoms with Crippen LogP contribution < -0.4 is 5.56 Å². The molecular formula is C28H32F3N5O2. The predicted molar refractivity (Wildman–Crippen MR) is 138 cm³/mol. The Balaban J connectivity index is 1.37. The normalized spacial score (nSPS) is 21.1. The van der Waals surface area contributed by atoms with E-state index in [2.05, 4.69) is 33.3 Å². The molecule has 0 N–H and O–H groups in total. The third-order valence-corrected chi connectivity index (χ3v) is 8.20. The van der Waals surface area contributed by atoms with Gasteiger partial charge in [-0.3, -0.25) is 14.7 Å². The number of alkyl halides is 3. The third kappa shape index (κ3) is 4.71. The summed E-state index contributed by atoms with van der Waals surface area (Å²) >= 11 is 0. The second-order valence-corrected chi connectivity index (χ2v) is 10.5. The Morgan fingerprint density at radius 3 is 2.74 bits per heavy atom. The van der Waals surface area contributed by atoms with E-state index < -0.39 is 11.7 Å². The number of likely N-dealkylation sites (tertiary alicyclic amines) is 1. The molecule has 0 amide bonds. The Hall–Kier alpha value is -3.24. The summed E-state index contributed by atoms with van der Waals surface area (Å²) in [7, 11) is 3.41. The quantitative estimate of drug-likeness (QED) is 0.476. The molecular weight excluding hydrogens is 495 g/mol. The molecule has 3 aromatic rings. The summed E-state index contributed by atoms with van der Waals surface area (Å²) in [6, 6.07) is 7.29. The second-order valence-electron chi connectivity index (χ2n) is 10.5. The first-order valence-electron chi connectivity index (χ1n) is 12.7. The molecule has 0 bridgehead atoms. The molecule has 1 aromatic carbocycles. The maximum atomic E-state index is 13.3. The summed E-state index contributed by atoms with van der Waals surface area (Å²) in [5, 5.41) is 0. The number of nitrogens with zero attached hydrogens (tertiary/aromatic N) is 5. The highest BCUT2D eigenvalue weighted by molar-refractivity contribution is 5.75. The summed E-state index contributed by atoms with van der Waals surface area (Å²) in [5.41, 5.74) is 3.59. The van der Waals surface area contributed by atoms with Gasteiger partial charge >= 0.3 is 6.18 Å². The predicted octanol–water partition coefficient (Wildman–Crippen LogP) is 4.32. The number of aromatic nitrogens is 3. The maximum Gasteiger partial charge on any atom is 0.417 e. The van der Waals surface area contributed by atoms with Gasteiger partial charge in [0.1, 0.15) is 0 Å². The highest BCUT2D eigenvalue weighted by Crippen LogP contribution is 2.43. The molecule has 0 aliphatic carbocycles. The van der Waals surface area contributed by atoms with Crippen LogP contribution in [-0.2, 0) is 30.9 Å². The first-order valence-corrected chi connectivity index (χ1v) is 12.7. The van der Waals surface area contributed by atoms with Crippen molar-refractivity contribution >= 4 is 11.0 Å². The topological polar surface area (TPSA) is 63.5 Å². The SMILES string of the molecule is C=C(N1CCc2ncc(C(F)(F)F)cc2C1)C1(COC)CCN(C(C)c2ccc3ncc(=O)n(C)c3c2)C1. The van der Waals surface area contributed by atoms with Crippen LogP contribution in [0.2, 0.25) is 0 Å². The van der Waals surface area contributed by atoms with Gasteiger partial charge in [-0.25, -0.2) is 4.98 Å². The Bertz CT molecular complexity index is 1440. The second kappa shape index (κ2) is 9.81. The molecule has 5 rings (SSSR count). The molecule has 2 unspecified atom stereocenters. The van der Waals surface area contributed by atoms with Gasteiger partial charge in [-0.15, -0.1) is 0 Å². The van der Waals surface area contributed by atoms with E-state index in [4.69, 9.17) is 4.74 Å². The van der Waals surface area contributed by atoms with Crippen molar-refractivity contribution in [3.8, 4) is 0 Å².